The Bertz CT molecular complexity index is 620. The Hall–Kier alpha value is -1.65. The van der Waals surface area contributed by atoms with Crippen molar-refractivity contribution in [2.24, 2.45) is 5.41 Å². The SMILES string of the molecule is CC(C)=CCC/C(C)=C/C=C/[C@]1(C)C[C@H](O)CC(C)=C1[C@@H](O)CC(=O)O. The average Bonchev–Trinajstić information content (AvgIpc) is 2.44. The molecule has 4 nitrogen and oxygen atoms in total. The van der Waals surface area contributed by atoms with E-state index in [2.05, 4.69) is 32.9 Å². The molecule has 0 aliphatic heterocycles. The van der Waals surface area contributed by atoms with Crippen LogP contribution in [0.3, 0.4) is 0 Å². The molecule has 0 unspecified atom stereocenters. The van der Waals surface area contributed by atoms with E-state index in [1.54, 1.807) is 0 Å². The number of hydrogen-bond donors (Lipinski definition) is 3. The first kappa shape index (κ1) is 22.4. The van der Waals surface area contributed by atoms with Crippen molar-refractivity contribution < 1.29 is 20.1 Å². The minimum Gasteiger partial charge on any atom is -0.481 e. The van der Waals surface area contributed by atoms with Crippen LogP contribution in [0.15, 0.2) is 46.6 Å². The summed E-state index contributed by atoms with van der Waals surface area (Å²) in [6.07, 6.45) is 9.36. The number of carbonyl (C=O) groups is 1. The van der Waals surface area contributed by atoms with Crippen LogP contribution in [0, 0.1) is 5.41 Å². The van der Waals surface area contributed by atoms with Gasteiger partial charge in [-0.2, -0.15) is 0 Å². The van der Waals surface area contributed by atoms with Gasteiger partial charge in [0, 0.05) is 5.41 Å². The maximum absolute atomic E-state index is 11.0. The molecule has 0 aromatic rings. The molecule has 0 amide bonds. The lowest BCUT2D eigenvalue weighted by Crippen LogP contribution is -2.36. The molecule has 26 heavy (non-hydrogen) atoms. The lowest BCUT2D eigenvalue weighted by molar-refractivity contribution is -0.138. The molecule has 0 bridgehead atoms. The third-order valence-corrected chi connectivity index (χ3v) is 4.91. The highest BCUT2D eigenvalue weighted by Crippen LogP contribution is 2.44. The van der Waals surface area contributed by atoms with Crippen molar-refractivity contribution in [3.05, 3.63) is 46.6 Å². The predicted molar refractivity (Wildman–Crippen MR) is 106 cm³/mol. The second-order valence-electron chi connectivity index (χ2n) is 7.98. The van der Waals surface area contributed by atoms with Crippen molar-refractivity contribution in [3.63, 3.8) is 0 Å². The van der Waals surface area contributed by atoms with Gasteiger partial charge in [-0.3, -0.25) is 4.79 Å². The van der Waals surface area contributed by atoms with E-state index < -0.39 is 23.6 Å². The molecule has 3 atom stereocenters. The smallest absolute Gasteiger partial charge is 0.306 e. The Kier molecular flexibility index (Phi) is 8.51. The van der Waals surface area contributed by atoms with Gasteiger partial charge in [0.1, 0.15) is 0 Å². The van der Waals surface area contributed by atoms with Gasteiger partial charge in [-0.05, 0) is 59.0 Å². The molecule has 0 aromatic carbocycles. The van der Waals surface area contributed by atoms with Crippen molar-refractivity contribution >= 4 is 5.97 Å². The number of aliphatic carboxylic acids is 1. The zero-order chi connectivity index (χ0) is 19.9. The second kappa shape index (κ2) is 9.89. The number of carboxylic acids is 1. The molecule has 0 spiro atoms. The number of hydrogen-bond acceptors (Lipinski definition) is 3. The van der Waals surface area contributed by atoms with Gasteiger partial charge in [0.15, 0.2) is 0 Å². The molecule has 0 fully saturated rings. The predicted octanol–water partition coefficient (Wildman–Crippen LogP) is 4.55. The number of rotatable bonds is 8. The highest BCUT2D eigenvalue weighted by Gasteiger charge is 2.38. The molecule has 0 radical (unpaired) electrons. The van der Waals surface area contributed by atoms with Crippen LogP contribution in [-0.4, -0.2) is 33.5 Å². The van der Waals surface area contributed by atoms with Crippen molar-refractivity contribution in [1.82, 2.24) is 0 Å². The van der Waals surface area contributed by atoms with Crippen molar-refractivity contribution in [2.45, 2.75) is 78.9 Å². The molecule has 146 valence electrons. The van der Waals surface area contributed by atoms with Crippen molar-refractivity contribution in [3.8, 4) is 0 Å². The first-order valence-electron chi connectivity index (χ1n) is 9.31. The zero-order valence-corrected chi connectivity index (χ0v) is 16.7. The van der Waals surface area contributed by atoms with Crippen LogP contribution < -0.4 is 0 Å². The van der Waals surface area contributed by atoms with Crippen LogP contribution >= 0.6 is 0 Å². The summed E-state index contributed by atoms with van der Waals surface area (Å²) in [5.41, 5.74) is 3.64. The highest BCUT2D eigenvalue weighted by molar-refractivity contribution is 5.68. The van der Waals surface area contributed by atoms with Crippen LogP contribution in [0.25, 0.3) is 0 Å². The van der Waals surface area contributed by atoms with Crippen LogP contribution in [0.5, 0.6) is 0 Å². The Morgan fingerprint density at radius 3 is 2.58 bits per heavy atom. The van der Waals surface area contributed by atoms with Gasteiger partial charge in [0.05, 0.1) is 18.6 Å². The fourth-order valence-electron chi connectivity index (χ4n) is 3.81. The van der Waals surface area contributed by atoms with E-state index in [1.165, 1.54) is 11.1 Å². The largest absolute Gasteiger partial charge is 0.481 e. The number of aliphatic hydroxyl groups is 2. The molecular formula is C22H34O4. The molecule has 0 saturated heterocycles. The van der Waals surface area contributed by atoms with Gasteiger partial charge in [-0.25, -0.2) is 0 Å². The first-order chi connectivity index (χ1) is 12.0. The molecule has 0 aromatic heterocycles. The molecule has 1 rings (SSSR count). The van der Waals surface area contributed by atoms with E-state index in [0.29, 0.717) is 12.8 Å². The Balaban J connectivity index is 2.99. The fraction of sp³-hybridized carbons (Fsp3) is 0.591. The minimum atomic E-state index is -1.03. The monoisotopic (exact) mass is 362 g/mol. The standard InChI is InChI=1S/C22H34O4/c1-15(2)8-6-9-16(3)10-7-11-22(5)14-18(23)12-17(4)21(22)19(24)13-20(25)26/h7-8,10-11,18-19,23-24H,6,9,12-14H2,1-5H3,(H,25,26)/b11-7+,16-10+/t18-,19+,22-/m1/s1. The molecule has 4 heteroatoms. The summed E-state index contributed by atoms with van der Waals surface area (Å²) < 4.78 is 0. The van der Waals surface area contributed by atoms with Crippen LogP contribution in [0.1, 0.15) is 66.7 Å². The van der Waals surface area contributed by atoms with E-state index >= 15 is 0 Å². The molecule has 0 saturated carbocycles. The van der Waals surface area contributed by atoms with Gasteiger partial charge >= 0.3 is 5.97 Å². The minimum absolute atomic E-state index is 0.316. The summed E-state index contributed by atoms with van der Waals surface area (Å²) in [6.45, 7) is 10.1. The fourth-order valence-corrected chi connectivity index (χ4v) is 3.81. The molecule has 3 N–H and O–H groups in total. The molecule has 1 aliphatic rings. The summed E-state index contributed by atoms with van der Waals surface area (Å²) >= 11 is 0. The normalized spacial score (nSPS) is 25.5. The number of allylic oxidation sites excluding steroid dienone is 6. The maximum atomic E-state index is 11.0. The lowest BCUT2D eigenvalue weighted by Gasteiger charge is -2.39. The Labute approximate surface area is 157 Å². The summed E-state index contributed by atoms with van der Waals surface area (Å²) in [6, 6.07) is 0. The van der Waals surface area contributed by atoms with Gasteiger partial charge in [-0.15, -0.1) is 0 Å². The van der Waals surface area contributed by atoms with Crippen molar-refractivity contribution in [1.29, 1.82) is 0 Å². The van der Waals surface area contributed by atoms with E-state index in [9.17, 15) is 15.0 Å². The summed E-state index contributed by atoms with van der Waals surface area (Å²) in [5.74, 6) is -1.02. The van der Waals surface area contributed by atoms with E-state index in [4.69, 9.17) is 5.11 Å². The van der Waals surface area contributed by atoms with Gasteiger partial charge in [-0.1, -0.05) is 47.9 Å². The number of aliphatic hydroxyl groups excluding tert-OH is 2. The first-order valence-corrected chi connectivity index (χ1v) is 9.31. The molecule has 0 heterocycles. The molecular weight excluding hydrogens is 328 g/mol. The average molecular weight is 363 g/mol. The maximum Gasteiger partial charge on any atom is 0.306 e. The summed E-state index contributed by atoms with van der Waals surface area (Å²) in [7, 11) is 0. The van der Waals surface area contributed by atoms with Gasteiger partial charge in [0.2, 0.25) is 0 Å². The van der Waals surface area contributed by atoms with Crippen LogP contribution in [0.2, 0.25) is 0 Å². The lowest BCUT2D eigenvalue weighted by atomic mass is 9.67. The molecule has 1 aliphatic carbocycles. The van der Waals surface area contributed by atoms with Crippen molar-refractivity contribution in [2.75, 3.05) is 0 Å². The Morgan fingerprint density at radius 2 is 2.00 bits per heavy atom. The third kappa shape index (κ3) is 6.93. The third-order valence-electron chi connectivity index (χ3n) is 4.91. The zero-order valence-electron chi connectivity index (χ0n) is 16.7. The summed E-state index contributed by atoms with van der Waals surface area (Å²) in [5, 5.41) is 29.7. The summed E-state index contributed by atoms with van der Waals surface area (Å²) in [4.78, 5) is 11.0. The second-order valence-corrected chi connectivity index (χ2v) is 7.98. The van der Waals surface area contributed by atoms with Crippen LogP contribution in [-0.2, 0) is 4.79 Å². The van der Waals surface area contributed by atoms with Crippen LogP contribution in [0.4, 0.5) is 0 Å². The number of carboxylic acid groups (broad SMARTS) is 1. The topological polar surface area (TPSA) is 77.8 Å². The van der Waals surface area contributed by atoms with Gasteiger partial charge in [0.25, 0.3) is 0 Å². The van der Waals surface area contributed by atoms with E-state index in [1.807, 2.05) is 26.0 Å². The van der Waals surface area contributed by atoms with E-state index in [-0.39, 0.29) is 6.42 Å². The quantitative estimate of drug-likeness (QED) is 0.437. The van der Waals surface area contributed by atoms with E-state index in [0.717, 1.165) is 24.0 Å². The highest BCUT2D eigenvalue weighted by atomic mass is 16.4. The Morgan fingerprint density at radius 1 is 1.35 bits per heavy atom. The van der Waals surface area contributed by atoms with Gasteiger partial charge < -0.3 is 15.3 Å².